The van der Waals surface area contributed by atoms with Crippen LogP contribution in [-0.2, 0) is 9.59 Å². The summed E-state index contributed by atoms with van der Waals surface area (Å²) in [6, 6.07) is 0. The maximum Gasteiger partial charge on any atom is 0.330 e. The van der Waals surface area contributed by atoms with Crippen LogP contribution in [0.4, 0.5) is 0 Å². The molecule has 2 N–H and O–H groups in total. The molecule has 0 fully saturated rings. The second-order valence-electron chi connectivity index (χ2n) is 3.50. The van der Waals surface area contributed by atoms with Crippen LogP contribution >= 0.6 is 0 Å². The highest BCUT2D eigenvalue weighted by molar-refractivity contribution is 5.83. The molecule has 1 amide bonds. The van der Waals surface area contributed by atoms with Crippen LogP contribution < -0.4 is 5.32 Å². The average molecular weight is 211 g/mol. The molecule has 0 aliphatic rings. The molecule has 0 aliphatic heterocycles. The van der Waals surface area contributed by atoms with Crippen LogP contribution in [0.3, 0.4) is 0 Å². The highest BCUT2D eigenvalue weighted by Crippen LogP contribution is 2.18. The summed E-state index contributed by atoms with van der Waals surface area (Å²) in [5, 5.41) is 11.2. The summed E-state index contributed by atoms with van der Waals surface area (Å²) in [4.78, 5) is 21.4. The first-order valence-corrected chi connectivity index (χ1v) is 4.73. The fraction of sp³-hybridized carbons (Fsp3) is 0.455. The van der Waals surface area contributed by atoms with E-state index in [4.69, 9.17) is 5.11 Å². The van der Waals surface area contributed by atoms with E-state index >= 15 is 0 Å². The summed E-state index contributed by atoms with van der Waals surface area (Å²) in [7, 11) is 0. The van der Waals surface area contributed by atoms with Gasteiger partial charge in [0.1, 0.15) is 0 Å². The first-order chi connectivity index (χ1) is 6.88. The molecule has 2 atom stereocenters. The van der Waals surface area contributed by atoms with Crippen LogP contribution in [0.15, 0.2) is 24.4 Å². The van der Waals surface area contributed by atoms with Gasteiger partial charge in [-0.2, -0.15) is 0 Å². The largest absolute Gasteiger partial charge is 0.478 e. The molecule has 0 bridgehead atoms. The van der Waals surface area contributed by atoms with Crippen LogP contribution in [0, 0.1) is 11.8 Å². The van der Waals surface area contributed by atoms with E-state index in [1.54, 1.807) is 6.08 Å². The zero-order chi connectivity index (χ0) is 12.0. The van der Waals surface area contributed by atoms with Crippen molar-refractivity contribution in [3.63, 3.8) is 0 Å². The van der Waals surface area contributed by atoms with Gasteiger partial charge in [-0.3, -0.25) is 4.79 Å². The van der Waals surface area contributed by atoms with Crippen molar-refractivity contribution in [2.24, 2.45) is 11.8 Å². The van der Waals surface area contributed by atoms with Crippen molar-refractivity contribution >= 4 is 11.9 Å². The topological polar surface area (TPSA) is 66.4 Å². The van der Waals surface area contributed by atoms with E-state index in [9.17, 15) is 9.59 Å². The second kappa shape index (κ2) is 6.01. The number of carboxylic acid groups (broad SMARTS) is 1. The quantitative estimate of drug-likeness (QED) is 0.535. The zero-order valence-electron chi connectivity index (χ0n) is 9.28. The lowest BCUT2D eigenvalue weighted by atomic mass is 9.92. The molecule has 0 radical (unpaired) electrons. The minimum atomic E-state index is -1.07. The van der Waals surface area contributed by atoms with Gasteiger partial charge < -0.3 is 10.4 Å². The lowest BCUT2D eigenvalue weighted by Crippen LogP contribution is -2.27. The summed E-state index contributed by atoms with van der Waals surface area (Å²) in [5.41, 5.74) is 0.405. The number of carbonyl (C=O) groups excluding carboxylic acids is 1. The third-order valence-electron chi connectivity index (χ3n) is 2.25. The van der Waals surface area contributed by atoms with E-state index in [0.29, 0.717) is 5.70 Å². The van der Waals surface area contributed by atoms with E-state index in [2.05, 4.69) is 11.9 Å². The Morgan fingerprint density at radius 3 is 2.27 bits per heavy atom. The predicted molar refractivity (Wildman–Crippen MR) is 58.1 cm³/mol. The number of hydrogen-bond acceptors (Lipinski definition) is 2. The van der Waals surface area contributed by atoms with Crippen molar-refractivity contribution in [1.29, 1.82) is 0 Å². The van der Waals surface area contributed by atoms with Crippen molar-refractivity contribution in [2.45, 2.75) is 20.8 Å². The van der Waals surface area contributed by atoms with E-state index in [1.807, 2.05) is 13.8 Å². The van der Waals surface area contributed by atoms with Gasteiger partial charge in [0.2, 0.25) is 5.91 Å². The van der Waals surface area contributed by atoms with Crippen LogP contribution in [-0.4, -0.2) is 17.0 Å². The number of carbonyl (C=O) groups is 2. The fourth-order valence-electron chi connectivity index (χ4n) is 1.11. The predicted octanol–water partition coefficient (Wildman–Crippen LogP) is 1.55. The molecule has 0 spiro atoms. The van der Waals surface area contributed by atoms with Gasteiger partial charge in [0.15, 0.2) is 0 Å². The van der Waals surface area contributed by atoms with E-state index in [-0.39, 0.29) is 17.7 Å². The highest BCUT2D eigenvalue weighted by atomic mass is 16.4. The van der Waals surface area contributed by atoms with Gasteiger partial charge in [0.05, 0.1) is 0 Å². The Labute approximate surface area is 89.7 Å². The maximum absolute atomic E-state index is 10.9. The summed E-state index contributed by atoms with van der Waals surface area (Å²) < 4.78 is 0. The highest BCUT2D eigenvalue weighted by Gasteiger charge is 2.16. The number of allylic oxidation sites excluding steroid dienone is 2. The molecule has 0 unspecified atom stereocenters. The monoisotopic (exact) mass is 211 g/mol. The number of hydrogen-bond donors (Lipinski definition) is 2. The Morgan fingerprint density at radius 1 is 1.40 bits per heavy atom. The van der Waals surface area contributed by atoms with E-state index < -0.39 is 5.97 Å². The average Bonchev–Trinajstić information content (AvgIpc) is 2.13. The van der Waals surface area contributed by atoms with Crippen LogP contribution in [0.2, 0.25) is 0 Å². The molecule has 0 rings (SSSR count). The molecule has 0 aromatic carbocycles. The van der Waals surface area contributed by atoms with Gasteiger partial charge in [0.25, 0.3) is 0 Å². The minimum Gasteiger partial charge on any atom is -0.478 e. The second-order valence-corrected chi connectivity index (χ2v) is 3.50. The number of amides is 1. The van der Waals surface area contributed by atoms with E-state index in [1.165, 1.54) is 6.92 Å². The first-order valence-electron chi connectivity index (χ1n) is 4.73. The fourth-order valence-corrected chi connectivity index (χ4v) is 1.11. The normalized spacial score (nSPS) is 15.3. The molecule has 84 valence electrons. The lowest BCUT2D eigenvalue weighted by Gasteiger charge is -2.19. The Hall–Kier alpha value is -1.58. The van der Waals surface area contributed by atoms with Gasteiger partial charge >= 0.3 is 5.97 Å². The minimum absolute atomic E-state index is 0.0810. The van der Waals surface area contributed by atoms with Crippen molar-refractivity contribution in [3.05, 3.63) is 24.4 Å². The smallest absolute Gasteiger partial charge is 0.330 e. The molecule has 0 heterocycles. The summed E-state index contributed by atoms with van der Waals surface area (Å²) >= 11 is 0. The van der Waals surface area contributed by atoms with Gasteiger partial charge in [0, 0.05) is 24.6 Å². The number of rotatable bonds is 5. The Kier molecular flexibility index (Phi) is 5.37. The van der Waals surface area contributed by atoms with Crippen LogP contribution in [0.5, 0.6) is 0 Å². The van der Waals surface area contributed by atoms with Gasteiger partial charge in [-0.05, 0) is 5.92 Å². The molecule has 4 heteroatoms. The molecule has 0 saturated heterocycles. The van der Waals surface area contributed by atoms with Gasteiger partial charge in [-0.1, -0.05) is 19.9 Å². The maximum atomic E-state index is 10.9. The molecule has 15 heavy (non-hydrogen) atoms. The van der Waals surface area contributed by atoms with Gasteiger partial charge in [-0.25, -0.2) is 4.79 Å². The molecule has 0 aromatic heterocycles. The summed E-state index contributed by atoms with van der Waals surface area (Å²) in [5.74, 6) is -1.32. The third-order valence-corrected chi connectivity index (χ3v) is 2.25. The summed E-state index contributed by atoms with van der Waals surface area (Å²) in [6.45, 7) is 8.74. The molecule has 4 nitrogen and oxygen atoms in total. The van der Waals surface area contributed by atoms with Crippen molar-refractivity contribution in [1.82, 2.24) is 5.32 Å². The Balaban J connectivity index is 4.84. The van der Waals surface area contributed by atoms with Crippen molar-refractivity contribution in [3.8, 4) is 0 Å². The zero-order valence-corrected chi connectivity index (χ0v) is 9.28. The van der Waals surface area contributed by atoms with E-state index in [0.717, 1.165) is 6.08 Å². The number of aliphatic carboxylic acids is 1. The van der Waals surface area contributed by atoms with Crippen LogP contribution in [0.1, 0.15) is 20.8 Å². The first kappa shape index (κ1) is 13.4. The number of nitrogens with one attached hydrogen (secondary N) is 1. The van der Waals surface area contributed by atoms with Crippen LogP contribution in [0.25, 0.3) is 0 Å². The van der Waals surface area contributed by atoms with Gasteiger partial charge in [-0.15, -0.1) is 6.58 Å². The molecule has 0 aromatic rings. The molecule has 0 saturated carbocycles. The molecular formula is C11H17NO3. The third kappa shape index (κ3) is 5.00. The SMILES string of the molecule is C=C[C@@H](C)[C@@H](C)C(=CC(=O)O)NC(C)=O. The molecular weight excluding hydrogens is 194 g/mol. The lowest BCUT2D eigenvalue weighted by molar-refractivity contribution is -0.131. The van der Waals surface area contributed by atoms with Crippen molar-refractivity contribution in [2.75, 3.05) is 0 Å². The number of carboxylic acids is 1. The van der Waals surface area contributed by atoms with Crippen molar-refractivity contribution < 1.29 is 14.7 Å². The Bertz CT molecular complexity index is 294. The molecule has 0 aliphatic carbocycles. The Morgan fingerprint density at radius 2 is 1.93 bits per heavy atom. The standard InChI is InChI=1S/C11H17NO3/c1-5-7(2)8(3)10(6-11(14)15)12-9(4)13/h5-8H,1H2,2-4H3,(H,12,13)(H,14,15)/t7-,8-/m1/s1. The summed E-state index contributed by atoms with van der Waals surface area (Å²) in [6.07, 6.45) is 2.74.